The number of rotatable bonds is 5. The predicted octanol–water partition coefficient (Wildman–Crippen LogP) is 1.12. The molecule has 0 aromatic carbocycles. The fraction of sp³-hybridized carbons (Fsp3) is 1.00. The van der Waals surface area contributed by atoms with Crippen molar-refractivity contribution in [2.75, 3.05) is 26.2 Å². The second kappa shape index (κ2) is 3.11. The molecule has 0 aromatic rings. The van der Waals surface area contributed by atoms with Crippen molar-refractivity contribution in [2.24, 2.45) is 5.92 Å². The average Bonchev–Trinajstić information content (AvgIpc) is 2.78. The lowest BCUT2D eigenvalue weighted by Gasteiger charge is -2.18. The van der Waals surface area contributed by atoms with E-state index in [1.165, 1.54) is 32.5 Å². The van der Waals surface area contributed by atoms with Gasteiger partial charge in [-0.3, -0.25) is 0 Å². The van der Waals surface area contributed by atoms with E-state index in [-0.39, 0.29) is 0 Å². The van der Waals surface area contributed by atoms with Gasteiger partial charge in [-0.15, -0.1) is 0 Å². The van der Waals surface area contributed by atoms with E-state index in [0.717, 1.165) is 12.5 Å². The molecule has 1 atom stereocenters. The van der Waals surface area contributed by atoms with Crippen LogP contribution in [0.25, 0.3) is 0 Å². The summed E-state index contributed by atoms with van der Waals surface area (Å²) in [6, 6.07) is 0. The van der Waals surface area contributed by atoms with Gasteiger partial charge >= 0.3 is 0 Å². The lowest BCUT2D eigenvalue weighted by molar-refractivity contribution is 0.244. The summed E-state index contributed by atoms with van der Waals surface area (Å²) in [4.78, 5) is 2.52. The number of hydrogen-bond donors (Lipinski definition) is 0. The maximum Gasteiger partial charge on any atom is 0.0936 e. The van der Waals surface area contributed by atoms with E-state index in [9.17, 15) is 0 Å². The first-order chi connectivity index (χ1) is 5.38. The van der Waals surface area contributed by atoms with Gasteiger partial charge in [0.1, 0.15) is 0 Å². The van der Waals surface area contributed by atoms with Crippen LogP contribution < -0.4 is 0 Å². The number of likely N-dealkylation sites (N-methyl/N-ethyl adjacent to an activating group) is 1. The second-order valence-corrected chi connectivity index (χ2v) is 3.75. The molecule has 1 aliphatic heterocycles. The summed E-state index contributed by atoms with van der Waals surface area (Å²) < 4.78 is 5.20. The molecule has 0 radical (unpaired) electrons. The number of nitrogens with zero attached hydrogens (tertiary/aromatic N) is 1. The third kappa shape index (κ3) is 2.46. The minimum atomic E-state index is 0.577. The van der Waals surface area contributed by atoms with E-state index in [1.54, 1.807) is 0 Å². The van der Waals surface area contributed by atoms with Crippen molar-refractivity contribution in [3.63, 3.8) is 0 Å². The molecule has 1 heterocycles. The molecule has 0 aromatic heterocycles. The quantitative estimate of drug-likeness (QED) is 0.553. The summed E-state index contributed by atoms with van der Waals surface area (Å²) in [5, 5.41) is 0. The molecular weight excluding hydrogens is 138 g/mol. The maximum atomic E-state index is 5.20. The van der Waals surface area contributed by atoms with E-state index in [0.29, 0.717) is 6.10 Å². The normalized spacial score (nSPS) is 29.5. The van der Waals surface area contributed by atoms with Gasteiger partial charge in [-0.2, -0.15) is 0 Å². The molecule has 2 aliphatic rings. The van der Waals surface area contributed by atoms with E-state index in [1.807, 2.05) is 0 Å². The Balaban J connectivity index is 1.65. The summed E-state index contributed by atoms with van der Waals surface area (Å²) >= 11 is 0. The van der Waals surface area contributed by atoms with E-state index in [4.69, 9.17) is 4.74 Å². The Hall–Kier alpha value is -0.0800. The predicted molar refractivity (Wildman–Crippen MR) is 44.6 cm³/mol. The SMILES string of the molecule is CCN(CC1CC1)CC1CO1. The molecule has 64 valence electrons. The first-order valence-corrected chi connectivity index (χ1v) is 4.72. The zero-order valence-electron chi connectivity index (χ0n) is 7.25. The topological polar surface area (TPSA) is 15.8 Å². The maximum absolute atomic E-state index is 5.20. The first-order valence-electron chi connectivity index (χ1n) is 4.72. The van der Waals surface area contributed by atoms with Gasteiger partial charge in [0.15, 0.2) is 0 Å². The smallest absolute Gasteiger partial charge is 0.0936 e. The molecule has 0 N–H and O–H groups in total. The second-order valence-electron chi connectivity index (χ2n) is 3.75. The molecule has 2 rings (SSSR count). The van der Waals surface area contributed by atoms with Crippen LogP contribution in [0.4, 0.5) is 0 Å². The highest BCUT2D eigenvalue weighted by Crippen LogP contribution is 2.30. The summed E-state index contributed by atoms with van der Waals surface area (Å²) in [5.41, 5.74) is 0. The van der Waals surface area contributed by atoms with E-state index >= 15 is 0 Å². The minimum Gasteiger partial charge on any atom is -0.372 e. The van der Waals surface area contributed by atoms with Gasteiger partial charge in [0.2, 0.25) is 0 Å². The lowest BCUT2D eigenvalue weighted by atomic mass is 10.3. The van der Waals surface area contributed by atoms with Gasteiger partial charge in [0.25, 0.3) is 0 Å². The third-order valence-corrected chi connectivity index (χ3v) is 2.52. The Bertz CT molecular complexity index is 116. The van der Waals surface area contributed by atoms with Crippen molar-refractivity contribution in [3.05, 3.63) is 0 Å². The highest BCUT2D eigenvalue weighted by molar-refractivity contribution is 4.80. The first kappa shape index (κ1) is 7.56. The van der Waals surface area contributed by atoms with Crippen LogP contribution in [0.2, 0.25) is 0 Å². The van der Waals surface area contributed by atoms with Crippen LogP contribution in [0.5, 0.6) is 0 Å². The molecule has 0 bridgehead atoms. The van der Waals surface area contributed by atoms with Gasteiger partial charge in [-0.1, -0.05) is 6.92 Å². The molecule has 1 saturated carbocycles. The van der Waals surface area contributed by atoms with E-state index < -0.39 is 0 Å². The molecule has 1 aliphatic carbocycles. The van der Waals surface area contributed by atoms with Crippen molar-refractivity contribution >= 4 is 0 Å². The van der Waals surface area contributed by atoms with Crippen LogP contribution in [0.15, 0.2) is 0 Å². The van der Waals surface area contributed by atoms with Crippen LogP contribution in [-0.4, -0.2) is 37.2 Å². The zero-order valence-corrected chi connectivity index (χ0v) is 7.25. The molecule has 1 saturated heterocycles. The highest BCUT2D eigenvalue weighted by atomic mass is 16.6. The Morgan fingerprint density at radius 3 is 2.55 bits per heavy atom. The van der Waals surface area contributed by atoms with Gasteiger partial charge < -0.3 is 9.64 Å². The van der Waals surface area contributed by atoms with Crippen LogP contribution in [0, 0.1) is 5.92 Å². The Morgan fingerprint density at radius 1 is 1.36 bits per heavy atom. The van der Waals surface area contributed by atoms with Crippen molar-refractivity contribution in [1.82, 2.24) is 4.90 Å². The van der Waals surface area contributed by atoms with Gasteiger partial charge in [0, 0.05) is 13.1 Å². The molecule has 0 amide bonds. The van der Waals surface area contributed by atoms with Crippen LogP contribution >= 0.6 is 0 Å². The fourth-order valence-electron chi connectivity index (χ4n) is 1.46. The molecule has 11 heavy (non-hydrogen) atoms. The molecule has 2 heteroatoms. The standard InChI is InChI=1S/C9H17NO/c1-2-10(5-8-3-4-8)6-9-7-11-9/h8-9H,2-7H2,1H3. The monoisotopic (exact) mass is 155 g/mol. The Kier molecular flexibility index (Phi) is 2.14. The Labute approximate surface area is 68.5 Å². The summed E-state index contributed by atoms with van der Waals surface area (Å²) in [6.45, 7) is 6.92. The minimum absolute atomic E-state index is 0.577. The molecular formula is C9H17NO. The largest absolute Gasteiger partial charge is 0.372 e. The fourth-order valence-corrected chi connectivity index (χ4v) is 1.46. The van der Waals surface area contributed by atoms with E-state index in [2.05, 4.69) is 11.8 Å². The molecule has 2 nitrogen and oxygen atoms in total. The van der Waals surface area contributed by atoms with Crippen LogP contribution in [0.1, 0.15) is 19.8 Å². The molecule has 0 spiro atoms. The van der Waals surface area contributed by atoms with Gasteiger partial charge in [-0.05, 0) is 25.3 Å². The number of ether oxygens (including phenoxy) is 1. The van der Waals surface area contributed by atoms with Crippen LogP contribution in [0.3, 0.4) is 0 Å². The molecule has 2 fully saturated rings. The van der Waals surface area contributed by atoms with Crippen LogP contribution in [-0.2, 0) is 4.74 Å². The van der Waals surface area contributed by atoms with Crippen molar-refractivity contribution in [2.45, 2.75) is 25.9 Å². The van der Waals surface area contributed by atoms with Crippen molar-refractivity contribution in [1.29, 1.82) is 0 Å². The average molecular weight is 155 g/mol. The Morgan fingerprint density at radius 2 is 2.09 bits per heavy atom. The lowest BCUT2D eigenvalue weighted by Crippen LogP contribution is -2.29. The number of epoxide rings is 1. The summed E-state index contributed by atoms with van der Waals surface area (Å²) in [7, 11) is 0. The number of hydrogen-bond acceptors (Lipinski definition) is 2. The van der Waals surface area contributed by atoms with Gasteiger partial charge in [-0.25, -0.2) is 0 Å². The third-order valence-electron chi connectivity index (χ3n) is 2.52. The van der Waals surface area contributed by atoms with Crippen molar-refractivity contribution in [3.8, 4) is 0 Å². The zero-order chi connectivity index (χ0) is 7.68. The van der Waals surface area contributed by atoms with Crippen molar-refractivity contribution < 1.29 is 4.74 Å². The van der Waals surface area contributed by atoms with Gasteiger partial charge in [0.05, 0.1) is 12.7 Å². The highest BCUT2D eigenvalue weighted by Gasteiger charge is 2.28. The molecule has 1 unspecified atom stereocenters. The summed E-state index contributed by atoms with van der Waals surface area (Å²) in [5.74, 6) is 1.02. The summed E-state index contributed by atoms with van der Waals surface area (Å²) in [6.07, 6.45) is 3.50.